The fourth-order valence-electron chi connectivity index (χ4n) is 3.02. The van der Waals surface area contributed by atoms with Crippen molar-refractivity contribution in [2.75, 3.05) is 20.2 Å². The van der Waals surface area contributed by atoms with Gasteiger partial charge in [-0.3, -0.25) is 0 Å². The summed E-state index contributed by atoms with van der Waals surface area (Å²) in [7, 11) is 1.71. The zero-order valence-electron chi connectivity index (χ0n) is 17.3. The number of likely N-dealkylation sites (N-methyl/N-ethyl adjacent to an activating group) is 1. The van der Waals surface area contributed by atoms with E-state index in [1.54, 1.807) is 7.05 Å². The molecule has 2 aromatic carbocycles. The van der Waals surface area contributed by atoms with Crippen molar-refractivity contribution in [1.29, 1.82) is 0 Å². The molecule has 0 atom stereocenters. The Kier molecular flexibility index (Phi) is 6.52. The van der Waals surface area contributed by atoms with Crippen LogP contribution in [-0.2, 0) is 11.3 Å². The standard InChI is InChI=1S/C23H27BrN2O3/c1-23(2,3)29-22(27)25(4)13-14-28-20-12-8-11-19-21(20)18(24)16-26(19)15-17-9-6-5-7-10-17/h5-12,16H,13-15H2,1-4H3. The van der Waals surface area contributed by atoms with Gasteiger partial charge in [0.25, 0.3) is 0 Å². The van der Waals surface area contributed by atoms with E-state index >= 15 is 0 Å². The lowest BCUT2D eigenvalue weighted by Gasteiger charge is -2.24. The average Bonchev–Trinajstić information content (AvgIpc) is 2.97. The van der Waals surface area contributed by atoms with Gasteiger partial charge in [0.1, 0.15) is 18.0 Å². The summed E-state index contributed by atoms with van der Waals surface area (Å²) in [6.45, 7) is 7.17. The van der Waals surface area contributed by atoms with Crippen molar-refractivity contribution in [3.63, 3.8) is 0 Å². The fourth-order valence-corrected chi connectivity index (χ4v) is 3.67. The third-order valence-corrected chi connectivity index (χ3v) is 5.01. The van der Waals surface area contributed by atoms with Crippen molar-refractivity contribution in [3.05, 3.63) is 64.8 Å². The van der Waals surface area contributed by atoms with E-state index in [2.05, 4.69) is 44.9 Å². The van der Waals surface area contributed by atoms with E-state index in [4.69, 9.17) is 9.47 Å². The van der Waals surface area contributed by atoms with Crippen molar-refractivity contribution in [2.45, 2.75) is 32.9 Å². The van der Waals surface area contributed by atoms with Crippen LogP contribution in [0.3, 0.4) is 0 Å². The number of hydrogen-bond donors (Lipinski definition) is 0. The lowest BCUT2D eigenvalue weighted by Crippen LogP contribution is -2.36. The summed E-state index contributed by atoms with van der Waals surface area (Å²) >= 11 is 3.67. The van der Waals surface area contributed by atoms with Crippen LogP contribution in [-0.4, -0.2) is 41.4 Å². The molecule has 154 valence electrons. The highest BCUT2D eigenvalue weighted by atomic mass is 79.9. The number of ether oxygens (including phenoxy) is 2. The van der Waals surface area contributed by atoms with E-state index in [0.717, 1.165) is 27.7 Å². The summed E-state index contributed by atoms with van der Waals surface area (Å²) in [5.74, 6) is 0.791. The van der Waals surface area contributed by atoms with Crippen LogP contribution in [0.15, 0.2) is 59.2 Å². The number of benzene rings is 2. The van der Waals surface area contributed by atoms with Gasteiger partial charge in [0, 0.05) is 24.3 Å². The number of carbonyl (C=O) groups excluding carboxylic acids is 1. The molecule has 0 aliphatic rings. The lowest BCUT2D eigenvalue weighted by molar-refractivity contribution is 0.0278. The van der Waals surface area contributed by atoms with Crippen LogP contribution in [0.1, 0.15) is 26.3 Å². The molecule has 5 nitrogen and oxygen atoms in total. The minimum atomic E-state index is -0.510. The Hall–Kier alpha value is -2.47. The van der Waals surface area contributed by atoms with E-state index in [1.807, 2.05) is 51.1 Å². The predicted molar refractivity (Wildman–Crippen MR) is 120 cm³/mol. The number of amides is 1. The molecule has 3 aromatic rings. The molecule has 0 saturated heterocycles. The molecule has 0 aliphatic heterocycles. The maximum atomic E-state index is 12.1. The maximum Gasteiger partial charge on any atom is 0.410 e. The molecule has 6 heteroatoms. The Bertz CT molecular complexity index is 977. The van der Waals surface area contributed by atoms with Crippen molar-refractivity contribution < 1.29 is 14.3 Å². The molecule has 1 aromatic heterocycles. The van der Waals surface area contributed by atoms with E-state index in [9.17, 15) is 4.79 Å². The molecule has 0 bridgehead atoms. The van der Waals surface area contributed by atoms with Gasteiger partial charge in [0.2, 0.25) is 0 Å². The minimum absolute atomic E-state index is 0.352. The quantitative estimate of drug-likeness (QED) is 0.475. The number of fused-ring (bicyclic) bond motifs is 1. The highest BCUT2D eigenvalue weighted by Crippen LogP contribution is 2.34. The first kappa shape index (κ1) is 21.2. The van der Waals surface area contributed by atoms with E-state index in [-0.39, 0.29) is 6.09 Å². The lowest BCUT2D eigenvalue weighted by atomic mass is 10.2. The van der Waals surface area contributed by atoms with Gasteiger partial charge >= 0.3 is 6.09 Å². The third kappa shape index (κ3) is 5.54. The number of carbonyl (C=O) groups is 1. The Morgan fingerprint density at radius 2 is 1.83 bits per heavy atom. The van der Waals surface area contributed by atoms with Crippen LogP contribution in [0, 0.1) is 0 Å². The molecular formula is C23H27BrN2O3. The molecule has 0 saturated carbocycles. The van der Waals surface area contributed by atoms with Crippen LogP contribution in [0.2, 0.25) is 0 Å². The van der Waals surface area contributed by atoms with Gasteiger partial charge in [0.15, 0.2) is 0 Å². The molecule has 0 unspecified atom stereocenters. The second-order valence-corrected chi connectivity index (χ2v) is 8.85. The summed E-state index contributed by atoms with van der Waals surface area (Å²) < 4.78 is 14.6. The van der Waals surface area contributed by atoms with E-state index in [1.165, 1.54) is 10.5 Å². The molecular weight excluding hydrogens is 432 g/mol. The zero-order valence-corrected chi connectivity index (χ0v) is 18.9. The van der Waals surface area contributed by atoms with Crippen molar-refractivity contribution in [3.8, 4) is 5.75 Å². The van der Waals surface area contributed by atoms with Gasteiger partial charge in [0.05, 0.1) is 17.4 Å². The number of rotatable bonds is 6. The predicted octanol–water partition coefficient (Wildman–Crippen LogP) is 5.70. The number of aromatic nitrogens is 1. The second kappa shape index (κ2) is 8.91. The first-order valence-electron chi connectivity index (χ1n) is 9.63. The first-order chi connectivity index (χ1) is 13.7. The summed E-state index contributed by atoms with van der Waals surface area (Å²) in [5, 5.41) is 1.03. The van der Waals surface area contributed by atoms with Gasteiger partial charge in [-0.1, -0.05) is 36.4 Å². The van der Waals surface area contributed by atoms with Gasteiger partial charge in [-0.25, -0.2) is 4.79 Å². The van der Waals surface area contributed by atoms with Crippen molar-refractivity contribution in [2.24, 2.45) is 0 Å². The molecule has 0 fully saturated rings. The monoisotopic (exact) mass is 458 g/mol. The Labute approximate surface area is 180 Å². The number of nitrogens with zero attached hydrogens (tertiary/aromatic N) is 2. The fraction of sp³-hybridized carbons (Fsp3) is 0.348. The number of halogens is 1. The molecule has 0 N–H and O–H groups in total. The van der Waals surface area contributed by atoms with Gasteiger partial charge < -0.3 is 18.9 Å². The molecule has 0 radical (unpaired) electrons. The first-order valence-corrected chi connectivity index (χ1v) is 10.4. The van der Waals surface area contributed by atoms with Crippen LogP contribution < -0.4 is 4.74 Å². The van der Waals surface area contributed by atoms with Gasteiger partial charge in [-0.2, -0.15) is 0 Å². The average molecular weight is 459 g/mol. The Balaban J connectivity index is 1.70. The second-order valence-electron chi connectivity index (χ2n) is 7.99. The molecule has 1 amide bonds. The van der Waals surface area contributed by atoms with Crippen molar-refractivity contribution in [1.82, 2.24) is 9.47 Å². The topological polar surface area (TPSA) is 43.7 Å². The summed E-state index contributed by atoms with van der Waals surface area (Å²) in [6.07, 6.45) is 1.73. The largest absolute Gasteiger partial charge is 0.491 e. The van der Waals surface area contributed by atoms with Crippen LogP contribution in [0.4, 0.5) is 4.79 Å². The summed E-state index contributed by atoms with van der Waals surface area (Å²) in [4.78, 5) is 13.6. The van der Waals surface area contributed by atoms with E-state index < -0.39 is 5.60 Å². The third-order valence-electron chi connectivity index (χ3n) is 4.41. The van der Waals surface area contributed by atoms with Gasteiger partial charge in [-0.05, 0) is 54.4 Å². The zero-order chi connectivity index (χ0) is 21.0. The minimum Gasteiger partial charge on any atom is -0.491 e. The van der Waals surface area contributed by atoms with Crippen LogP contribution >= 0.6 is 15.9 Å². The van der Waals surface area contributed by atoms with E-state index in [0.29, 0.717) is 13.2 Å². The molecule has 29 heavy (non-hydrogen) atoms. The molecule has 1 heterocycles. The van der Waals surface area contributed by atoms with Gasteiger partial charge in [-0.15, -0.1) is 0 Å². The maximum absolute atomic E-state index is 12.1. The highest BCUT2D eigenvalue weighted by Gasteiger charge is 2.19. The normalized spacial score (nSPS) is 11.5. The van der Waals surface area contributed by atoms with Crippen LogP contribution in [0.5, 0.6) is 5.75 Å². The SMILES string of the molecule is CN(CCOc1cccc2c1c(Br)cn2Cc1ccccc1)C(=O)OC(C)(C)C. The Morgan fingerprint density at radius 3 is 2.52 bits per heavy atom. The Morgan fingerprint density at radius 1 is 1.10 bits per heavy atom. The smallest absolute Gasteiger partial charge is 0.410 e. The highest BCUT2D eigenvalue weighted by molar-refractivity contribution is 9.10. The summed E-state index contributed by atoms with van der Waals surface area (Å²) in [5.41, 5.74) is 1.82. The number of hydrogen-bond acceptors (Lipinski definition) is 3. The van der Waals surface area contributed by atoms with Crippen LogP contribution in [0.25, 0.3) is 10.9 Å². The molecule has 0 aliphatic carbocycles. The molecule has 3 rings (SSSR count). The summed E-state index contributed by atoms with van der Waals surface area (Å²) in [6, 6.07) is 16.4. The van der Waals surface area contributed by atoms with Crippen molar-refractivity contribution >= 4 is 32.9 Å². The molecule has 0 spiro atoms.